The van der Waals surface area contributed by atoms with Gasteiger partial charge in [-0.2, -0.15) is 0 Å². The van der Waals surface area contributed by atoms with E-state index in [0.29, 0.717) is 0 Å². The summed E-state index contributed by atoms with van der Waals surface area (Å²) in [6.07, 6.45) is 0. The van der Waals surface area contributed by atoms with Gasteiger partial charge in [0.1, 0.15) is 0 Å². The molecular formula is C28H19BrN2. The standard InChI is InChI=1S/C28H19BrN2/c29-23-17-15-22(16-18-23)27-19-26(21-11-5-2-6-12-21)30-28(31-27)25-14-8-7-13-24(25)20-9-3-1-4-10-20/h1-19H. The summed E-state index contributed by atoms with van der Waals surface area (Å²) in [6.45, 7) is 0. The second kappa shape index (κ2) is 8.66. The van der Waals surface area contributed by atoms with Gasteiger partial charge in [0.25, 0.3) is 0 Å². The van der Waals surface area contributed by atoms with Crippen LogP contribution in [0.5, 0.6) is 0 Å². The van der Waals surface area contributed by atoms with Crippen molar-refractivity contribution in [2.24, 2.45) is 0 Å². The molecule has 3 heteroatoms. The zero-order valence-electron chi connectivity index (χ0n) is 16.7. The second-order valence-electron chi connectivity index (χ2n) is 7.25. The van der Waals surface area contributed by atoms with Crippen LogP contribution in [0.1, 0.15) is 0 Å². The van der Waals surface area contributed by atoms with Crippen molar-refractivity contribution < 1.29 is 0 Å². The Morgan fingerprint density at radius 3 is 1.55 bits per heavy atom. The van der Waals surface area contributed by atoms with Gasteiger partial charge in [-0.15, -0.1) is 0 Å². The summed E-state index contributed by atoms with van der Waals surface area (Å²) in [5.41, 5.74) is 7.23. The number of nitrogens with zero attached hydrogens (tertiary/aromatic N) is 2. The predicted octanol–water partition coefficient (Wildman–Crippen LogP) is 7.91. The van der Waals surface area contributed by atoms with Gasteiger partial charge in [-0.05, 0) is 29.3 Å². The number of aromatic nitrogens is 2. The highest BCUT2D eigenvalue weighted by Gasteiger charge is 2.14. The number of hydrogen-bond donors (Lipinski definition) is 0. The van der Waals surface area contributed by atoms with Gasteiger partial charge in [0, 0.05) is 21.2 Å². The third kappa shape index (κ3) is 4.18. The molecule has 0 amide bonds. The van der Waals surface area contributed by atoms with Crippen LogP contribution in [0.3, 0.4) is 0 Å². The van der Waals surface area contributed by atoms with Crippen LogP contribution >= 0.6 is 15.9 Å². The van der Waals surface area contributed by atoms with Crippen LogP contribution in [0.2, 0.25) is 0 Å². The maximum Gasteiger partial charge on any atom is 0.161 e. The van der Waals surface area contributed by atoms with Crippen molar-refractivity contribution in [2.45, 2.75) is 0 Å². The molecule has 0 spiro atoms. The molecule has 0 saturated carbocycles. The molecule has 0 unspecified atom stereocenters. The average Bonchev–Trinajstić information content (AvgIpc) is 2.85. The predicted molar refractivity (Wildman–Crippen MR) is 131 cm³/mol. The number of halogens is 1. The van der Waals surface area contributed by atoms with Crippen molar-refractivity contribution in [3.05, 3.63) is 120 Å². The maximum absolute atomic E-state index is 4.99. The summed E-state index contributed by atoms with van der Waals surface area (Å²) in [4.78, 5) is 9.97. The Morgan fingerprint density at radius 2 is 0.935 bits per heavy atom. The third-order valence-corrected chi connectivity index (χ3v) is 5.72. The minimum absolute atomic E-state index is 0.721. The maximum atomic E-state index is 4.99. The first-order chi connectivity index (χ1) is 15.3. The van der Waals surface area contributed by atoms with E-state index in [2.05, 4.69) is 88.7 Å². The zero-order valence-corrected chi connectivity index (χ0v) is 18.3. The van der Waals surface area contributed by atoms with Crippen molar-refractivity contribution in [3.63, 3.8) is 0 Å². The Hall–Kier alpha value is -3.56. The molecule has 0 aliphatic heterocycles. The van der Waals surface area contributed by atoms with Crippen LogP contribution in [0.15, 0.2) is 120 Å². The van der Waals surface area contributed by atoms with Gasteiger partial charge >= 0.3 is 0 Å². The summed E-state index contributed by atoms with van der Waals surface area (Å²) in [5.74, 6) is 0.721. The molecule has 0 atom stereocenters. The topological polar surface area (TPSA) is 25.8 Å². The smallest absolute Gasteiger partial charge is 0.161 e. The molecule has 0 aliphatic rings. The average molecular weight is 463 g/mol. The van der Waals surface area contributed by atoms with Crippen LogP contribution in [0.25, 0.3) is 45.0 Å². The third-order valence-electron chi connectivity index (χ3n) is 5.19. The molecule has 5 aromatic rings. The molecule has 0 aliphatic carbocycles. The van der Waals surface area contributed by atoms with Crippen LogP contribution in [-0.4, -0.2) is 9.97 Å². The quantitative estimate of drug-likeness (QED) is 0.271. The van der Waals surface area contributed by atoms with E-state index in [9.17, 15) is 0 Å². The normalized spacial score (nSPS) is 10.7. The van der Waals surface area contributed by atoms with Crippen molar-refractivity contribution >= 4 is 15.9 Å². The van der Waals surface area contributed by atoms with E-state index in [1.165, 1.54) is 0 Å². The first kappa shape index (κ1) is 19.4. The van der Waals surface area contributed by atoms with Crippen molar-refractivity contribution in [2.75, 3.05) is 0 Å². The molecule has 31 heavy (non-hydrogen) atoms. The van der Waals surface area contributed by atoms with Gasteiger partial charge in [0.05, 0.1) is 11.4 Å². The molecule has 0 N–H and O–H groups in total. The van der Waals surface area contributed by atoms with Crippen molar-refractivity contribution in [1.82, 2.24) is 9.97 Å². The first-order valence-electron chi connectivity index (χ1n) is 10.1. The van der Waals surface area contributed by atoms with Gasteiger partial charge in [0.2, 0.25) is 0 Å². The summed E-state index contributed by atoms with van der Waals surface area (Å²) in [7, 11) is 0. The van der Waals surface area contributed by atoms with E-state index >= 15 is 0 Å². The van der Waals surface area contributed by atoms with Gasteiger partial charge in [-0.3, -0.25) is 0 Å². The summed E-state index contributed by atoms with van der Waals surface area (Å²) in [5, 5.41) is 0. The lowest BCUT2D eigenvalue weighted by molar-refractivity contribution is 1.18. The van der Waals surface area contributed by atoms with Gasteiger partial charge in [0.15, 0.2) is 5.82 Å². The molecule has 1 heterocycles. The van der Waals surface area contributed by atoms with Crippen molar-refractivity contribution in [1.29, 1.82) is 0 Å². The van der Waals surface area contributed by atoms with Crippen molar-refractivity contribution in [3.8, 4) is 45.0 Å². The number of rotatable bonds is 4. The molecule has 0 fully saturated rings. The largest absolute Gasteiger partial charge is 0.228 e. The lowest BCUT2D eigenvalue weighted by Crippen LogP contribution is -1.97. The first-order valence-corrected chi connectivity index (χ1v) is 10.9. The van der Waals surface area contributed by atoms with E-state index in [4.69, 9.17) is 9.97 Å². The molecule has 148 valence electrons. The fourth-order valence-electron chi connectivity index (χ4n) is 3.64. The highest BCUT2D eigenvalue weighted by molar-refractivity contribution is 9.10. The molecule has 2 nitrogen and oxygen atoms in total. The van der Waals surface area contributed by atoms with E-state index in [1.807, 2.05) is 42.5 Å². The fourth-order valence-corrected chi connectivity index (χ4v) is 3.90. The summed E-state index contributed by atoms with van der Waals surface area (Å²) < 4.78 is 1.04. The molecule has 0 saturated heterocycles. The molecular weight excluding hydrogens is 444 g/mol. The summed E-state index contributed by atoms with van der Waals surface area (Å²) >= 11 is 3.52. The van der Waals surface area contributed by atoms with Crippen LogP contribution in [-0.2, 0) is 0 Å². The van der Waals surface area contributed by atoms with Crippen LogP contribution < -0.4 is 0 Å². The molecule has 4 aromatic carbocycles. The highest BCUT2D eigenvalue weighted by Crippen LogP contribution is 2.33. The Morgan fingerprint density at radius 1 is 0.452 bits per heavy atom. The number of hydrogen-bond acceptors (Lipinski definition) is 2. The highest BCUT2D eigenvalue weighted by atomic mass is 79.9. The SMILES string of the molecule is Brc1ccc(-c2cc(-c3ccccc3)nc(-c3ccccc3-c3ccccc3)n2)cc1. The second-order valence-corrected chi connectivity index (χ2v) is 8.16. The van der Waals surface area contributed by atoms with Crippen LogP contribution in [0, 0.1) is 0 Å². The molecule has 5 rings (SSSR count). The Kier molecular flexibility index (Phi) is 5.42. The van der Waals surface area contributed by atoms with Crippen LogP contribution in [0.4, 0.5) is 0 Å². The fraction of sp³-hybridized carbons (Fsp3) is 0. The monoisotopic (exact) mass is 462 g/mol. The zero-order chi connectivity index (χ0) is 21.0. The van der Waals surface area contributed by atoms with Gasteiger partial charge in [-0.25, -0.2) is 9.97 Å². The van der Waals surface area contributed by atoms with E-state index < -0.39 is 0 Å². The van der Waals surface area contributed by atoms with Gasteiger partial charge < -0.3 is 0 Å². The lowest BCUT2D eigenvalue weighted by Gasteiger charge is -2.12. The molecule has 1 aromatic heterocycles. The Labute approximate surface area is 190 Å². The molecule has 0 bridgehead atoms. The Bertz CT molecular complexity index is 1310. The Balaban J connectivity index is 1.73. The van der Waals surface area contributed by atoms with E-state index in [-0.39, 0.29) is 0 Å². The van der Waals surface area contributed by atoms with Gasteiger partial charge in [-0.1, -0.05) is 113 Å². The minimum Gasteiger partial charge on any atom is -0.228 e. The summed E-state index contributed by atoms with van der Waals surface area (Å²) in [6, 6.07) is 39.3. The lowest BCUT2D eigenvalue weighted by atomic mass is 9.98. The van der Waals surface area contributed by atoms with E-state index in [1.54, 1.807) is 0 Å². The minimum atomic E-state index is 0.721. The molecule has 0 radical (unpaired) electrons. The number of benzene rings is 4. The van der Waals surface area contributed by atoms with E-state index in [0.717, 1.165) is 49.5 Å².